The van der Waals surface area contributed by atoms with Crippen molar-refractivity contribution in [1.29, 1.82) is 0 Å². The number of nitrogens with one attached hydrogen (secondary N) is 1. The molecule has 0 radical (unpaired) electrons. The smallest absolute Gasteiger partial charge is 0.258 e. The van der Waals surface area contributed by atoms with Crippen molar-refractivity contribution in [2.24, 2.45) is 5.73 Å². The van der Waals surface area contributed by atoms with Gasteiger partial charge in [0, 0.05) is 10.0 Å². The Morgan fingerprint density at radius 2 is 1.95 bits per heavy atom. The summed E-state index contributed by atoms with van der Waals surface area (Å²) in [7, 11) is 0. The summed E-state index contributed by atoms with van der Waals surface area (Å²) >= 11 is 8.18. The maximum absolute atomic E-state index is 13.5. The first-order chi connectivity index (χ1) is 9.49. The zero-order chi connectivity index (χ0) is 14.7. The third-order valence-electron chi connectivity index (χ3n) is 2.62. The summed E-state index contributed by atoms with van der Waals surface area (Å²) in [6.07, 6.45) is 0. The van der Waals surface area contributed by atoms with Crippen molar-refractivity contribution in [2.45, 2.75) is 0 Å². The van der Waals surface area contributed by atoms with Gasteiger partial charge in [-0.05, 0) is 46.3 Å². The fourth-order valence-electron chi connectivity index (χ4n) is 1.60. The van der Waals surface area contributed by atoms with E-state index in [1.165, 1.54) is 18.2 Å². The average molecular weight is 353 g/mol. The van der Waals surface area contributed by atoms with Gasteiger partial charge in [0.25, 0.3) is 5.91 Å². The van der Waals surface area contributed by atoms with Crippen molar-refractivity contribution >= 4 is 44.7 Å². The molecule has 0 saturated carbocycles. The largest absolute Gasteiger partial charge is 0.389 e. The van der Waals surface area contributed by atoms with E-state index in [2.05, 4.69) is 21.2 Å². The van der Waals surface area contributed by atoms with Gasteiger partial charge < -0.3 is 11.1 Å². The quantitative estimate of drug-likeness (QED) is 0.831. The van der Waals surface area contributed by atoms with Gasteiger partial charge in [-0.25, -0.2) is 4.39 Å². The van der Waals surface area contributed by atoms with Crippen molar-refractivity contribution in [1.82, 2.24) is 0 Å². The summed E-state index contributed by atoms with van der Waals surface area (Å²) < 4.78 is 14.1. The van der Waals surface area contributed by atoms with Gasteiger partial charge in [-0.15, -0.1) is 0 Å². The van der Waals surface area contributed by atoms with Gasteiger partial charge in [0.2, 0.25) is 0 Å². The second-order valence-corrected chi connectivity index (χ2v) is 5.29. The highest BCUT2D eigenvalue weighted by atomic mass is 79.9. The van der Waals surface area contributed by atoms with Crippen LogP contribution in [0.4, 0.5) is 10.1 Å². The molecule has 0 saturated heterocycles. The molecule has 1 amide bonds. The second kappa shape index (κ2) is 6.11. The molecular weight excluding hydrogens is 343 g/mol. The van der Waals surface area contributed by atoms with Gasteiger partial charge in [-0.1, -0.05) is 24.4 Å². The maximum Gasteiger partial charge on any atom is 0.258 e. The van der Waals surface area contributed by atoms with Crippen molar-refractivity contribution in [3.63, 3.8) is 0 Å². The standard InChI is InChI=1S/C14H10BrFN2OS/c15-10-7-8(13(17)20)5-6-12(10)18-14(19)9-3-1-2-4-11(9)16/h1-7H,(H2,17,20)(H,18,19). The summed E-state index contributed by atoms with van der Waals surface area (Å²) in [5.74, 6) is -1.09. The van der Waals surface area contributed by atoms with E-state index in [0.29, 0.717) is 15.7 Å². The van der Waals surface area contributed by atoms with Gasteiger partial charge in [0.1, 0.15) is 10.8 Å². The monoisotopic (exact) mass is 352 g/mol. The molecule has 0 spiro atoms. The fraction of sp³-hybridized carbons (Fsp3) is 0. The average Bonchev–Trinajstić information content (AvgIpc) is 2.41. The predicted molar refractivity (Wildman–Crippen MR) is 84.4 cm³/mol. The summed E-state index contributed by atoms with van der Waals surface area (Å²) in [6, 6.07) is 10.8. The summed E-state index contributed by atoms with van der Waals surface area (Å²) in [5, 5.41) is 2.62. The van der Waals surface area contributed by atoms with Crippen molar-refractivity contribution in [3.8, 4) is 0 Å². The van der Waals surface area contributed by atoms with Gasteiger partial charge >= 0.3 is 0 Å². The lowest BCUT2D eigenvalue weighted by Gasteiger charge is -2.09. The van der Waals surface area contributed by atoms with Crippen LogP contribution in [0.3, 0.4) is 0 Å². The molecule has 0 aromatic heterocycles. The van der Waals surface area contributed by atoms with E-state index >= 15 is 0 Å². The number of rotatable bonds is 3. The molecule has 0 heterocycles. The lowest BCUT2D eigenvalue weighted by Crippen LogP contribution is -2.15. The molecule has 3 nitrogen and oxygen atoms in total. The van der Waals surface area contributed by atoms with Crippen LogP contribution in [0.25, 0.3) is 0 Å². The number of amides is 1. The van der Waals surface area contributed by atoms with Crippen LogP contribution in [0.1, 0.15) is 15.9 Å². The first kappa shape index (κ1) is 14.6. The Hall–Kier alpha value is -1.79. The minimum Gasteiger partial charge on any atom is -0.389 e. The Bertz CT molecular complexity index is 691. The molecule has 3 N–H and O–H groups in total. The van der Waals surface area contributed by atoms with E-state index in [4.69, 9.17) is 18.0 Å². The molecule has 2 rings (SSSR count). The van der Waals surface area contributed by atoms with Crippen LogP contribution in [-0.4, -0.2) is 10.9 Å². The van der Waals surface area contributed by atoms with Crippen LogP contribution in [0.2, 0.25) is 0 Å². The number of halogens is 2. The Morgan fingerprint density at radius 1 is 1.25 bits per heavy atom. The zero-order valence-corrected chi connectivity index (χ0v) is 12.6. The molecular formula is C14H10BrFN2OS. The van der Waals surface area contributed by atoms with E-state index in [1.54, 1.807) is 24.3 Å². The number of nitrogens with two attached hydrogens (primary N) is 1. The van der Waals surface area contributed by atoms with E-state index in [-0.39, 0.29) is 10.6 Å². The van der Waals surface area contributed by atoms with Crippen molar-refractivity contribution in [3.05, 3.63) is 63.9 Å². The first-order valence-electron chi connectivity index (χ1n) is 5.64. The maximum atomic E-state index is 13.5. The number of benzene rings is 2. The van der Waals surface area contributed by atoms with Crippen LogP contribution in [0, 0.1) is 5.82 Å². The highest BCUT2D eigenvalue weighted by molar-refractivity contribution is 9.10. The topological polar surface area (TPSA) is 55.1 Å². The van der Waals surface area contributed by atoms with Gasteiger partial charge in [-0.2, -0.15) is 0 Å². The Kier molecular flexibility index (Phi) is 4.46. The molecule has 0 fully saturated rings. The molecule has 0 atom stereocenters. The van der Waals surface area contributed by atoms with E-state index in [0.717, 1.165) is 0 Å². The highest BCUT2D eigenvalue weighted by Crippen LogP contribution is 2.24. The summed E-state index contributed by atoms with van der Waals surface area (Å²) in [5.41, 5.74) is 6.69. The molecule has 0 unspecified atom stereocenters. The third-order valence-corrected chi connectivity index (χ3v) is 3.51. The number of anilines is 1. The lowest BCUT2D eigenvalue weighted by molar-refractivity contribution is 0.102. The third kappa shape index (κ3) is 3.20. The van der Waals surface area contributed by atoms with Crippen LogP contribution < -0.4 is 11.1 Å². The molecule has 0 aliphatic rings. The number of hydrogen-bond acceptors (Lipinski definition) is 2. The Labute approximate surface area is 129 Å². The predicted octanol–water partition coefficient (Wildman–Crippen LogP) is 3.47. The number of thiocarbonyl (C=S) groups is 1. The van der Waals surface area contributed by atoms with Crippen LogP contribution >= 0.6 is 28.1 Å². The van der Waals surface area contributed by atoms with Crippen LogP contribution in [-0.2, 0) is 0 Å². The second-order valence-electron chi connectivity index (χ2n) is 3.99. The van der Waals surface area contributed by atoms with Crippen molar-refractivity contribution < 1.29 is 9.18 Å². The Balaban J connectivity index is 2.25. The fourth-order valence-corrected chi connectivity index (χ4v) is 2.21. The van der Waals surface area contributed by atoms with Gasteiger partial charge in [0.05, 0.1) is 11.3 Å². The molecule has 102 valence electrons. The summed E-state index contributed by atoms with van der Waals surface area (Å²) in [6.45, 7) is 0. The normalized spacial score (nSPS) is 10.1. The minimum atomic E-state index is -0.569. The van der Waals surface area contributed by atoms with Gasteiger partial charge in [0.15, 0.2) is 0 Å². The molecule has 0 aliphatic heterocycles. The highest BCUT2D eigenvalue weighted by Gasteiger charge is 2.12. The first-order valence-corrected chi connectivity index (χ1v) is 6.84. The van der Waals surface area contributed by atoms with Crippen molar-refractivity contribution in [2.75, 3.05) is 5.32 Å². The molecule has 2 aromatic rings. The number of carbonyl (C=O) groups is 1. The molecule has 0 bridgehead atoms. The van der Waals surface area contributed by atoms with E-state index in [1.807, 2.05) is 0 Å². The molecule has 0 aliphatic carbocycles. The number of hydrogen-bond donors (Lipinski definition) is 2. The van der Waals surface area contributed by atoms with Gasteiger partial charge in [-0.3, -0.25) is 4.79 Å². The summed E-state index contributed by atoms with van der Waals surface area (Å²) in [4.78, 5) is 12.2. The lowest BCUT2D eigenvalue weighted by atomic mass is 10.1. The number of carbonyl (C=O) groups excluding carboxylic acids is 1. The molecule has 2 aromatic carbocycles. The zero-order valence-electron chi connectivity index (χ0n) is 10.2. The van der Waals surface area contributed by atoms with E-state index in [9.17, 15) is 9.18 Å². The molecule has 20 heavy (non-hydrogen) atoms. The molecule has 6 heteroatoms. The van der Waals surface area contributed by atoms with E-state index < -0.39 is 11.7 Å². The minimum absolute atomic E-state index is 0.0159. The SMILES string of the molecule is NC(=S)c1ccc(NC(=O)c2ccccc2F)c(Br)c1. The van der Waals surface area contributed by atoms with Crippen LogP contribution in [0.5, 0.6) is 0 Å². The Morgan fingerprint density at radius 3 is 2.55 bits per heavy atom. The van der Waals surface area contributed by atoms with Crippen LogP contribution in [0.15, 0.2) is 46.9 Å².